The third-order valence-corrected chi connectivity index (χ3v) is 5.11. The zero-order valence-corrected chi connectivity index (χ0v) is 18.3. The summed E-state index contributed by atoms with van der Waals surface area (Å²) in [4.78, 5) is 36.2. The number of rotatable bonds is 14. The summed E-state index contributed by atoms with van der Waals surface area (Å²) in [5, 5.41) is 0. The molecule has 0 saturated carbocycles. The van der Waals surface area contributed by atoms with Crippen molar-refractivity contribution in [3.05, 3.63) is 45.3 Å². The first-order chi connectivity index (χ1) is 14.3. The Morgan fingerprint density at radius 1 is 1.23 bits per heavy atom. The summed E-state index contributed by atoms with van der Waals surface area (Å²) >= 11 is 0. The van der Waals surface area contributed by atoms with Crippen LogP contribution in [-0.4, -0.2) is 54.6 Å². The van der Waals surface area contributed by atoms with E-state index in [4.69, 9.17) is 23.3 Å². The molecule has 1 N–H and O–H groups in total. The molecule has 1 rings (SSSR count). The molecular weight excluding hydrogens is 419 g/mol. The van der Waals surface area contributed by atoms with E-state index in [0.717, 1.165) is 0 Å². The fourth-order valence-electron chi connectivity index (χ4n) is 2.01. The molecule has 0 fully saturated rings. The number of nitrogens with zero attached hydrogens (tertiary/aromatic N) is 1. The molecule has 0 aliphatic carbocycles. The van der Waals surface area contributed by atoms with Gasteiger partial charge in [0.05, 0.1) is 18.9 Å². The van der Waals surface area contributed by atoms with Gasteiger partial charge in [0, 0.05) is 32.0 Å². The second-order valence-corrected chi connectivity index (χ2v) is 8.32. The number of ether oxygens (including phenoxy) is 3. The van der Waals surface area contributed by atoms with E-state index in [1.165, 1.54) is 22.9 Å². The second-order valence-electron chi connectivity index (χ2n) is 6.22. The third kappa shape index (κ3) is 11.1. The molecular formula is C18H29N2O9P. The normalized spacial score (nSPS) is 13.5. The summed E-state index contributed by atoms with van der Waals surface area (Å²) in [7, 11) is -3.62. The average Bonchev–Trinajstić information content (AvgIpc) is 2.66. The van der Waals surface area contributed by atoms with Crippen LogP contribution in [0.4, 0.5) is 4.79 Å². The molecule has 11 nitrogen and oxygen atoms in total. The van der Waals surface area contributed by atoms with Crippen molar-refractivity contribution in [1.82, 2.24) is 9.55 Å². The summed E-state index contributed by atoms with van der Waals surface area (Å²) in [5.74, 6) is 0. The zero-order valence-electron chi connectivity index (χ0n) is 17.4. The minimum atomic E-state index is -3.62. The van der Waals surface area contributed by atoms with Crippen LogP contribution >= 0.6 is 7.60 Å². The van der Waals surface area contributed by atoms with Crippen LogP contribution in [0.5, 0.6) is 0 Å². The van der Waals surface area contributed by atoms with E-state index in [9.17, 15) is 18.9 Å². The fourth-order valence-corrected chi connectivity index (χ4v) is 3.33. The molecule has 1 heterocycles. The van der Waals surface area contributed by atoms with Gasteiger partial charge in [-0.25, -0.2) is 9.59 Å². The first-order valence-electron chi connectivity index (χ1n) is 9.50. The van der Waals surface area contributed by atoms with Crippen molar-refractivity contribution in [3.63, 3.8) is 0 Å². The summed E-state index contributed by atoms with van der Waals surface area (Å²) in [6.07, 6.45) is 3.54. The quantitative estimate of drug-likeness (QED) is 0.149. The Morgan fingerprint density at radius 2 is 2.00 bits per heavy atom. The Hall–Kier alpha value is -2.20. The van der Waals surface area contributed by atoms with Gasteiger partial charge in [-0.1, -0.05) is 12.2 Å². The maximum absolute atomic E-state index is 12.9. The Labute approximate surface area is 174 Å². The van der Waals surface area contributed by atoms with Gasteiger partial charge < -0.3 is 18.7 Å². The molecule has 1 atom stereocenters. The average molecular weight is 448 g/mol. The van der Waals surface area contributed by atoms with Crippen LogP contribution in [0.1, 0.15) is 27.2 Å². The van der Waals surface area contributed by atoms with Crippen LogP contribution in [0.3, 0.4) is 0 Å². The fraction of sp³-hybridized carbons (Fsp3) is 0.611. The highest BCUT2D eigenvalue weighted by molar-refractivity contribution is 7.54. The van der Waals surface area contributed by atoms with Gasteiger partial charge in [-0.05, 0) is 27.2 Å². The van der Waals surface area contributed by atoms with Crippen molar-refractivity contribution in [1.29, 1.82) is 0 Å². The molecule has 1 unspecified atom stereocenters. The Kier molecular flexibility index (Phi) is 12.0. The molecule has 0 radical (unpaired) electrons. The Balaban J connectivity index is 2.61. The van der Waals surface area contributed by atoms with Crippen molar-refractivity contribution in [3.8, 4) is 0 Å². The lowest BCUT2D eigenvalue weighted by Gasteiger charge is -2.17. The monoisotopic (exact) mass is 448 g/mol. The van der Waals surface area contributed by atoms with Crippen molar-refractivity contribution in [2.75, 3.05) is 32.8 Å². The molecule has 0 spiro atoms. The van der Waals surface area contributed by atoms with E-state index in [1.54, 1.807) is 19.9 Å². The van der Waals surface area contributed by atoms with Gasteiger partial charge >= 0.3 is 19.4 Å². The first-order valence-corrected chi connectivity index (χ1v) is 11.2. The molecule has 1 aromatic rings. The van der Waals surface area contributed by atoms with E-state index >= 15 is 0 Å². The van der Waals surface area contributed by atoms with Crippen LogP contribution in [0, 0.1) is 0 Å². The summed E-state index contributed by atoms with van der Waals surface area (Å²) in [6.45, 7) is 5.87. The SMILES string of the molecule is CCOCCCOP(=O)(C/C=C/Cn1ccc(=O)[nH]c1=O)OCOC(=O)OC(C)C. The maximum atomic E-state index is 12.9. The molecule has 30 heavy (non-hydrogen) atoms. The molecule has 0 saturated heterocycles. The lowest BCUT2D eigenvalue weighted by molar-refractivity contribution is -0.0129. The Bertz CT molecular complexity index is 831. The summed E-state index contributed by atoms with van der Waals surface area (Å²) in [6, 6.07) is 1.22. The van der Waals surface area contributed by atoms with E-state index in [2.05, 4.69) is 4.98 Å². The number of aromatic nitrogens is 2. The van der Waals surface area contributed by atoms with Crippen LogP contribution in [0.15, 0.2) is 34.0 Å². The van der Waals surface area contributed by atoms with Gasteiger partial charge in [-0.3, -0.25) is 23.4 Å². The molecule has 1 aromatic heterocycles. The minimum absolute atomic E-state index is 0.109. The molecule has 12 heteroatoms. The van der Waals surface area contributed by atoms with Gasteiger partial charge in [0.2, 0.25) is 6.79 Å². The van der Waals surface area contributed by atoms with Gasteiger partial charge in [-0.15, -0.1) is 0 Å². The van der Waals surface area contributed by atoms with E-state index in [1.807, 2.05) is 6.92 Å². The molecule has 0 aromatic carbocycles. The largest absolute Gasteiger partial charge is 0.510 e. The smallest absolute Gasteiger partial charge is 0.432 e. The predicted molar refractivity (Wildman–Crippen MR) is 109 cm³/mol. The molecule has 0 aliphatic heterocycles. The number of nitrogens with one attached hydrogen (secondary N) is 1. The number of allylic oxidation sites excluding steroid dienone is 2. The Morgan fingerprint density at radius 3 is 2.67 bits per heavy atom. The highest BCUT2D eigenvalue weighted by atomic mass is 31.2. The van der Waals surface area contributed by atoms with Crippen molar-refractivity contribution in [2.24, 2.45) is 0 Å². The van der Waals surface area contributed by atoms with E-state index in [0.29, 0.717) is 19.6 Å². The lowest BCUT2D eigenvalue weighted by Crippen LogP contribution is -2.28. The van der Waals surface area contributed by atoms with Gasteiger partial charge in [0.25, 0.3) is 5.56 Å². The van der Waals surface area contributed by atoms with Gasteiger partial charge in [-0.2, -0.15) is 0 Å². The lowest BCUT2D eigenvalue weighted by atomic mass is 10.5. The van der Waals surface area contributed by atoms with Crippen molar-refractivity contribution >= 4 is 13.8 Å². The maximum Gasteiger partial charge on any atom is 0.510 e. The summed E-state index contributed by atoms with van der Waals surface area (Å²) in [5.41, 5.74) is -1.05. The zero-order chi connectivity index (χ0) is 22.4. The van der Waals surface area contributed by atoms with Crippen LogP contribution < -0.4 is 11.2 Å². The number of hydrogen-bond donors (Lipinski definition) is 1. The minimum Gasteiger partial charge on any atom is -0.432 e. The van der Waals surface area contributed by atoms with Crippen LogP contribution in [0.2, 0.25) is 0 Å². The number of carbonyl (C=O) groups is 1. The van der Waals surface area contributed by atoms with E-state index in [-0.39, 0.29) is 25.4 Å². The molecule has 0 amide bonds. The van der Waals surface area contributed by atoms with Gasteiger partial charge in [0.1, 0.15) is 0 Å². The molecule has 170 valence electrons. The number of hydrogen-bond acceptors (Lipinski definition) is 9. The highest BCUT2D eigenvalue weighted by Crippen LogP contribution is 2.48. The van der Waals surface area contributed by atoms with Gasteiger partial charge in [0.15, 0.2) is 0 Å². The van der Waals surface area contributed by atoms with Crippen molar-refractivity contribution in [2.45, 2.75) is 39.8 Å². The predicted octanol–water partition coefficient (Wildman–Crippen LogP) is 2.26. The number of H-pyrrole nitrogens is 1. The first kappa shape index (κ1) is 25.8. The second kappa shape index (κ2) is 13.9. The van der Waals surface area contributed by atoms with Crippen LogP contribution in [-0.2, 0) is 34.4 Å². The standard InChI is InChI=1S/C18H29N2O9P/c1-4-25-11-7-12-27-30(24,28-14-26-18(23)29-15(2)3)13-6-5-9-20-10-8-16(21)19-17(20)22/h5-6,8,10,15H,4,7,9,11-14H2,1-3H3,(H,19,21,22)/b6-5+. The van der Waals surface area contributed by atoms with E-state index < -0.39 is 31.8 Å². The van der Waals surface area contributed by atoms with Crippen LogP contribution in [0.25, 0.3) is 0 Å². The number of aromatic amines is 1. The topological polar surface area (TPSA) is 135 Å². The molecule has 0 aliphatic rings. The van der Waals surface area contributed by atoms with Crippen molar-refractivity contribution < 1.29 is 32.6 Å². The summed E-state index contributed by atoms with van der Waals surface area (Å²) < 4.78 is 39.4. The molecule has 0 bridgehead atoms. The highest BCUT2D eigenvalue weighted by Gasteiger charge is 2.24. The number of carbonyl (C=O) groups excluding carboxylic acids is 1. The third-order valence-electron chi connectivity index (χ3n) is 3.38.